The first-order chi connectivity index (χ1) is 7.18. The standard InChI is InChI=1S/C13H27NO2/c1-11(2,3)6-12(4,5)14-7-13(8-15)9-16-10-13/h14-15H,6-10H2,1-5H3. The van der Waals surface area contributed by atoms with E-state index in [0.717, 1.165) is 13.0 Å². The Balaban J connectivity index is 2.41. The highest BCUT2D eigenvalue weighted by Gasteiger charge is 2.39. The fraction of sp³-hybridized carbons (Fsp3) is 1.00. The quantitative estimate of drug-likeness (QED) is 0.755. The molecule has 1 heterocycles. The zero-order valence-corrected chi connectivity index (χ0v) is 11.4. The van der Waals surface area contributed by atoms with Crippen LogP contribution in [-0.2, 0) is 4.74 Å². The summed E-state index contributed by atoms with van der Waals surface area (Å²) >= 11 is 0. The van der Waals surface area contributed by atoms with Crippen molar-refractivity contribution in [2.24, 2.45) is 10.8 Å². The lowest BCUT2D eigenvalue weighted by molar-refractivity contribution is -0.136. The molecule has 1 aliphatic heterocycles. The Hall–Kier alpha value is -0.120. The van der Waals surface area contributed by atoms with Gasteiger partial charge in [0.15, 0.2) is 0 Å². The van der Waals surface area contributed by atoms with Gasteiger partial charge in [0.25, 0.3) is 0 Å². The number of ether oxygens (including phenoxy) is 1. The van der Waals surface area contributed by atoms with Gasteiger partial charge in [0.2, 0.25) is 0 Å². The summed E-state index contributed by atoms with van der Waals surface area (Å²) in [4.78, 5) is 0. The van der Waals surface area contributed by atoms with Gasteiger partial charge >= 0.3 is 0 Å². The third-order valence-corrected chi connectivity index (χ3v) is 3.07. The van der Waals surface area contributed by atoms with Gasteiger partial charge in [-0.2, -0.15) is 0 Å². The fourth-order valence-corrected chi connectivity index (χ4v) is 2.46. The summed E-state index contributed by atoms with van der Waals surface area (Å²) in [5, 5.41) is 12.9. The van der Waals surface area contributed by atoms with Gasteiger partial charge in [0, 0.05) is 12.1 Å². The first-order valence-corrected chi connectivity index (χ1v) is 6.12. The van der Waals surface area contributed by atoms with Crippen LogP contribution in [0.15, 0.2) is 0 Å². The number of aliphatic hydroxyl groups excluding tert-OH is 1. The van der Waals surface area contributed by atoms with Crippen LogP contribution in [0.4, 0.5) is 0 Å². The minimum atomic E-state index is -0.0326. The number of nitrogens with one attached hydrogen (secondary N) is 1. The van der Waals surface area contributed by atoms with Crippen LogP contribution in [0.25, 0.3) is 0 Å². The second-order valence-corrected chi connectivity index (χ2v) is 7.13. The Morgan fingerprint density at radius 1 is 1.19 bits per heavy atom. The van der Waals surface area contributed by atoms with E-state index in [2.05, 4.69) is 39.9 Å². The molecule has 0 aliphatic carbocycles. The van der Waals surface area contributed by atoms with Crippen LogP contribution in [0.2, 0.25) is 0 Å². The van der Waals surface area contributed by atoms with Gasteiger partial charge in [-0.1, -0.05) is 20.8 Å². The van der Waals surface area contributed by atoms with Gasteiger partial charge in [0.1, 0.15) is 0 Å². The van der Waals surface area contributed by atoms with Gasteiger partial charge in [-0.25, -0.2) is 0 Å². The van der Waals surface area contributed by atoms with Gasteiger partial charge in [-0.15, -0.1) is 0 Å². The number of aliphatic hydroxyl groups is 1. The van der Waals surface area contributed by atoms with Crippen LogP contribution in [0.3, 0.4) is 0 Å². The third-order valence-electron chi connectivity index (χ3n) is 3.07. The predicted octanol–water partition coefficient (Wildman–Crippen LogP) is 1.80. The summed E-state index contributed by atoms with van der Waals surface area (Å²) < 4.78 is 5.20. The molecule has 1 saturated heterocycles. The SMILES string of the molecule is CC(C)(C)CC(C)(C)NCC1(CO)COC1. The van der Waals surface area contributed by atoms with Crippen LogP contribution in [-0.4, -0.2) is 37.0 Å². The molecule has 0 aromatic heterocycles. The van der Waals surface area contributed by atoms with Gasteiger partial charge < -0.3 is 15.2 Å². The number of rotatable bonds is 5. The summed E-state index contributed by atoms with van der Waals surface area (Å²) in [6.45, 7) is 13.6. The van der Waals surface area contributed by atoms with E-state index in [0.29, 0.717) is 18.6 Å². The molecule has 3 nitrogen and oxygen atoms in total. The molecule has 0 aromatic rings. The van der Waals surface area contributed by atoms with Crippen LogP contribution in [0, 0.1) is 10.8 Å². The van der Waals surface area contributed by atoms with Crippen molar-refractivity contribution in [2.45, 2.75) is 46.6 Å². The maximum atomic E-state index is 9.35. The first kappa shape index (κ1) is 13.9. The molecular formula is C13H27NO2. The Kier molecular flexibility index (Phi) is 4.04. The van der Waals surface area contributed by atoms with Crippen molar-refractivity contribution in [3.63, 3.8) is 0 Å². The normalized spacial score (nSPS) is 20.6. The number of hydrogen-bond acceptors (Lipinski definition) is 3. The lowest BCUT2D eigenvalue weighted by atomic mass is 9.80. The highest BCUT2D eigenvalue weighted by atomic mass is 16.5. The van der Waals surface area contributed by atoms with E-state index >= 15 is 0 Å². The Morgan fingerprint density at radius 2 is 1.75 bits per heavy atom. The lowest BCUT2D eigenvalue weighted by Crippen LogP contribution is -2.56. The molecule has 2 N–H and O–H groups in total. The van der Waals surface area contributed by atoms with E-state index in [1.165, 1.54) is 0 Å². The molecule has 0 radical (unpaired) electrons. The molecule has 0 aromatic carbocycles. The second kappa shape index (κ2) is 4.63. The van der Waals surface area contributed by atoms with E-state index in [4.69, 9.17) is 4.74 Å². The molecular weight excluding hydrogens is 202 g/mol. The zero-order valence-electron chi connectivity index (χ0n) is 11.4. The summed E-state index contributed by atoms with van der Waals surface area (Å²) in [6, 6.07) is 0. The van der Waals surface area contributed by atoms with Crippen LogP contribution in [0.1, 0.15) is 41.0 Å². The molecule has 3 heteroatoms. The highest BCUT2D eigenvalue weighted by molar-refractivity contribution is 4.91. The molecule has 0 bridgehead atoms. The van der Waals surface area contributed by atoms with E-state index in [9.17, 15) is 5.11 Å². The Bertz CT molecular complexity index is 221. The maximum Gasteiger partial charge on any atom is 0.0579 e. The monoisotopic (exact) mass is 229 g/mol. The Labute approximate surface area is 99.6 Å². The summed E-state index contributed by atoms with van der Waals surface area (Å²) in [5.41, 5.74) is 0.393. The molecule has 1 fully saturated rings. The molecule has 0 amide bonds. The summed E-state index contributed by atoms with van der Waals surface area (Å²) in [7, 11) is 0. The minimum absolute atomic E-state index is 0.0326. The lowest BCUT2D eigenvalue weighted by Gasteiger charge is -2.43. The van der Waals surface area contributed by atoms with Gasteiger partial charge in [0.05, 0.1) is 25.2 Å². The van der Waals surface area contributed by atoms with Crippen LogP contribution in [0.5, 0.6) is 0 Å². The smallest absolute Gasteiger partial charge is 0.0579 e. The molecule has 1 rings (SSSR count). The second-order valence-electron chi connectivity index (χ2n) is 7.13. The molecule has 0 unspecified atom stereocenters. The van der Waals surface area contributed by atoms with Crippen molar-refractivity contribution in [3.8, 4) is 0 Å². The summed E-state index contributed by atoms with van der Waals surface area (Å²) in [5.74, 6) is 0. The maximum absolute atomic E-state index is 9.35. The fourth-order valence-electron chi connectivity index (χ4n) is 2.46. The van der Waals surface area contributed by atoms with E-state index in [1.807, 2.05) is 0 Å². The first-order valence-electron chi connectivity index (χ1n) is 6.12. The molecule has 1 aliphatic rings. The average Bonchev–Trinajstić information content (AvgIpc) is 1.98. The molecule has 0 atom stereocenters. The van der Waals surface area contributed by atoms with Crippen molar-refractivity contribution >= 4 is 0 Å². The predicted molar refractivity (Wildman–Crippen MR) is 66.5 cm³/mol. The van der Waals surface area contributed by atoms with Crippen molar-refractivity contribution in [1.82, 2.24) is 5.32 Å². The van der Waals surface area contributed by atoms with Crippen molar-refractivity contribution in [3.05, 3.63) is 0 Å². The van der Waals surface area contributed by atoms with Crippen molar-refractivity contribution < 1.29 is 9.84 Å². The Morgan fingerprint density at radius 3 is 2.06 bits per heavy atom. The molecule has 0 spiro atoms. The molecule has 16 heavy (non-hydrogen) atoms. The van der Waals surface area contributed by atoms with Gasteiger partial charge in [-0.3, -0.25) is 0 Å². The minimum Gasteiger partial charge on any atom is -0.396 e. The van der Waals surface area contributed by atoms with E-state index in [1.54, 1.807) is 0 Å². The number of hydrogen-bond donors (Lipinski definition) is 2. The van der Waals surface area contributed by atoms with E-state index in [-0.39, 0.29) is 17.6 Å². The van der Waals surface area contributed by atoms with Crippen molar-refractivity contribution in [2.75, 3.05) is 26.4 Å². The van der Waals surface area contributed by atoms with E-state index < -0.39 is 0 Å². The topological polar surface area (TPSA) is 41.5 Å². The molecule has 96 valence electrons. The molecule has 0 saturated carbocycles. The van der Waals surface area contributed by atoms with Gasteiger partial charge in [-0.05, 0) is 25.7 Å². The average molecular weight is 229 g/mol. The van der Waals surface area contributed by atoms with Crippen LogP contribution < -0.4 is 5.32 Å². The van der Waals surface area contributed by atoms with Crippen molar-refractivity contribution in [1.29, 1.82) is 0 Å². The summed E-state index contributed by atoms with van der Waals surface area (Å²) in [6.07, 6.45) is 1.11. The zero-order chi connectivity index (χ0) is 12.4. The highest BCUT2D eigenvalue weighted by Crippen LogP contribution is 2.30. The largest absolute Gasteiger partial charge is 0.396 e. The van der Waals surface area contributed by atoms with Crippen LogP contribution >= 0.6 is 0 Å². The third kappa shape index (κ3) is 4.04.